The van der Waals surface area contributed by atoms with Crippen molar-refractivity contribution in [3.8, 4) is 0 Å². The van der Waals surface area contributed by atoms with Gasteiger partial charge in [-0.1, -0.05) is 19.3 Å². The summed E-state index contributed by atoms with van der Waals surface area (Å²) in [6.07, 6.45) is 11.0. The first-order chi connectivity index (χ1) is 9.38. The lowest BCUT2D eigenvalue weighted by Crippen LogP contribution is -2.36. The molecule has 1 atom stereocenters. The van der Waals surface area contributed by atoms with Gasteiger partial charge in [0.05, 0.1) is 0 Å². The van der Waals surface area contributed by atoms with E-state index in [1.165, 1.54) is 50.6 Å². The molecule has 19 heavy (non-hydrogen) atoms. The third-order valence-electron chi connectivity index (χ3n) is 4.59. The van der Waals surface area contributed by atoms with E-state index in [1.54, 1.807) is 0 Å². The van der Waals surface area contributed by atoms with Crippen LogP contribution in [-0.2, 0) is 0 Å². The lowest BCUT2D eigenvalue weighted by atomic mass is 9.87. The van der Waals surface area contributed by atoms with Gasteiger partial charge in [0.1, 0.15) is 0 Å². The molecule has 1 aromatic heterocycles. The molecule has 1 aliphatic heterocycles. The maximum atomic E-state index is 5.85. The monoisotopic (exact) mass is 260 g/mol. The van der Waals surface area contributed by atoms with E-state index < -0.39 is 0 Å². The second kappa shape index (κ2) is 5.87. The SMILES string of the molecule is NCC1CCCN1c1nccc(C2CCCCC2)n1. The van der Waals surface area contributed by atoms with Gasteiger partial charge in [0.25, 0.3) is 0 Å². The molecule has 1 aromatic rings. The molecule has 4 heteroatoms. The van der Waals surface area contributed by atoms with Crippen molar-refractivity contribution in [1.29, 1.82) is 0 Å². The van der Waals surface area contributed by atoms with E-state index >= 15 is 0 Å². The zero-order valence-electron chi connectivity index (χ0n) is 11.6. The Labute approximate surface area is 115 Å². The first-order valence-corrected chi connectivity index (χ1v) is 7.68. The first-order valence-electron chi connectivity index (χ1n) is 7.68. The topological polar surface area (TPSA) is 55.0 Å². The minimum Gasteiger partial charge on any atom is -0.337 e. The van der Waals surface area contributed by atoms with E-state index in [9.17, 15) is 0 Å². The Bertz CT molecular complexity index is 414. The number of nitrogens with two attached hydrogens (primary N) is 1. The molecule has 4 nitrogen and oxygen atoms in total. The second-order valence-electron chi connectivity index (χ2n) is 5.84. The van der Waals surface area contributed by atoms with Crippen molar-refractivity contribution in [2.75, 3.05) is 18.0 Å². The Kier molecular flexibility index (Phi) is 3.97. The van der Waals surface area contributed by atoms with E-state index in [4.69, 9.17) is 10.7 Å². The molecule has 0 aromatic carbocycles. The van der Waals surface area contributed by atoms with Crippen molar-refractivity contribution < 1.29 is 0 Å². The number of hydrogen-bond acceptors (Lipinski definition) is 4. The molecule has 1 unspecified atom stereocenters. The van der Waals surface area contributed by atoms with Gasteiger partial charge in [0.2, 0.25) is 5.95 Å². The number of hydrogen-bond donors (Lipinski definition) is 1. The average Bonchev–Trinajstić information content (AvgIpc) is 2.97. The molecule has 2 fully saturated rings. The number of aromatic nitrogens is 2. The van der Waals surface area contributed by atoms with E-state index in [-0.39, 0.29) is 0 Å². The van der Waals surface area contributed by atoms with E-state index in [0.29, 0.717) is 18.5 Å². The van der Waals surface area contributed by atoms with Gasteiger partial charge >= 0.3 is 0 Å². The van der Waals surface area contributed by atoms with E-state index in [2.05, 4.69) is 16.0 Å². The average molecular weight is 260 g/mol. The third kappa shape index (κ3) is 2.73. The lowest BCUT2D eigenvalue weighted by Gasteiger charge is -2.25. The van der Waals surface area contributed by atoms with Gasteiger partial charge in [-0.15, -0.1) is 0 Å². The Hall–Kier alpha value is -1.16. The normalized spacial score (nSPS) is 24.9. The molecule has 1 saturated carbocycles. The summed E-state index contributed by atoms with van der Waals surface area (Å²) in [7, 11) is 0. The molecular formula is C15H24N4. The van der Waals surface area contributed by atoms with Crippen molar-refractivity contribution in [2.24, 2.45) is 5.73 Å². The summed E-state index contributed by atoms with van der Waals surface area (Å²) < 4.78 is 0. The Balaban J connectivity index is 1.79. The first kappa shape index (κ1) is 12.9. The Morgan fingerprint density at radius 2 is 2.00 bits per heavy atom. The molecule has 104 valence electrons. The summed E-state index contributed by atoms with van der Waals surface area (Å²) in [4.78, 5) is 11.6. The maximum absolute atomic E-state index is 5.85. The Morgan fingerprint density at radius 3 is 2.79 bits per heavy atom. The molecule has 1 aliphatic carbocycles. The molecule has 3 rings (SSSR count). The molecule has 0 spiro atoms. The van der Waals surface area contributed by atoms with Gasteiger partial charge in [-0.2, -0.15) is 0 Å². The smallest absolute Gasteiger partial charge is 0.225 e. The van der Waals surface area contributed by atoms with Gasteiger partial charge < -0.3 is 10.6 Å². The van der Waals surface area contributed by atoms with Gasteiger partial charge in [-0.25, -0.2) is 9.97 Å². The van der Waals surface area contributed by atoms with Crippen LogP contribution in [0.15, 0.2) is 12.3 Å². The van der Waals surface area contributed by atoms with Crippen molar-refractivity contribution in [3.63, 3.8) is 0 Å². The second-order valence-corrected chi connectivity index (χ2v) is 5.84. The van der Waals surface area contributed by atoms with Crippen LogP contribution in [0, 0.1) is 0 Å². The highest BCUT2D eigenvalue weighted by Gasteiger charge is 2.26. The predicted molar refractivity (Wildman–Crippen MR) is 77.3 cm³/mol. The van der Waals surface area contributed by atoms with Crippen LogP contribution in [0.5, 0.6) is 0 Å². The molecule has 1 saturated heterocycles. The zero-order chi connectivity index (χ0) is 13.1. The molecule has 0 bridgehead atoms. The number of rotatable bonds is 3. The quantitative estimate of drug-likeness (QED) is 0.907. The van der Waals surface area contributed by atoms with Crippen LogP contribution in [0.25, 0.3) is 0 Å². The standard InChI is InChI=1S/C15H24N4/c16-11-13-7-4-10-19(13)15-17-9-8-14(18-15)12-5-2-1-3-6-12/h8-9,12-13H,1-7,10-11,16H2. The van der Waals surface area contributed by atoms with Crippen LogP contribution >= 0.6 is 0 Å². The molecule has 2 heterocycles. The van der Waals surface area contributed by atoms with Crippen molar-refractivity contribution >= 4 is 5.95 Å². The van der Waals surface area contributed by atoms with Crippen molar-refractivity contribution in [3.05, 3.63) is 18.0 Å². The summed E-state index contributed by atoms with van der Waals surface area (Å²) in [6, 6.07) is 2.54. The van der Waals surface area contributed by atoms with E-state index in [1.807, 2.05) is 6.20 Å². The van der Waals surface area contributed by atoms with Crippen LogP contribution in [0.2, 0.25) is 0 Å². The van der Waals surface area contributed by atoms with Gasteiger partial charge in [-0.05, 0) is 31.7 Å². The summed E-state index contributed by atoms with van der Waals surface area (Å²) in [6.45, 7) is 1.76. The fourth-order valence-electron chi connectivity index (χ4n) is 3.47. The van der Waals surface area contributed by atoms with Crippen LogP contribution in [0.1, 0.15) is 56.6 Å². The van der Waals surface area contributed by atoms with Crippen LogP contribution in [-0.4, -0.2) is 29.1 Å². The van der Waals surface area contributed by atoms with Crippen molar-refractivity contribution in [1.82, 2.24) is 9.97 Å². The molecular weight excluding hydrogens is 236 g/mol. The molecule has 0 radical (unpaired) electrons. The summed E-state index contributed by atoms with van der Waals surface area (Å²) >= 11 is 0. The highest BCUT2D eigenvalue weighted by molar-refractivity contribution is 5.34. The highest BCUT2D eigenvalue weighted by atomic mass is 15.3. The molecule has 0 amide bonds. The zero-order valence-corrected chi connectivity index (χ0v) is 11.6. The van der Waals surface area contributed by atoms with Crippen LogP contribution in [0.4, 0.5) is 5.95 Å². The Morgan fingerprint density at radius 1 is 1.16 bits per heavy atom. The fourth-order valence-corrected chi connectivity index (χ4v) is 3.47. The van der Waals surface area contributed by atoms with Gasteiger partial charge in [0.15, 0.2) is 0 Å². The van der Waals surface area contributed by atoms with E-state index in [0.717, 1.165) is 12.5 Å². The highest BCUT2D eigenvalue weighted by Crippen LogP contribution is 2.32. The number of nitrogens with zero attached hydrogens (tertiary/aromatic N) is 3. The van der Waals surface area contributed by atoms with Crippen LogP contribution in [0.3, 0.4) is 0 Å². The summed E-state index contributed by atoms with van der Waals surface area (Å²) in [5, 5.41) is 0. The lowest BCUT2D eigenvalue weighted by molar-refractivity contribution is 0.436. The summed E-state index contributed by atoms with van der Waals surface area (Å²) in [5.74, 6) is 1.55. The van der Waals surface area contributed by atoms with Crippen LogP contribution < -0.4 is 10.6 Å². The largest absolute Gasteiger partial charge is 0.337 e. The fraction of sp³-hybridized carbons (Fsp3) is 0.733. The maximum Gasteiger partial charge on any atom is 0.225 e. The molecule has 2 N–H and O–H groups in total. The predicted octanol–water partition coefficient (Wildman–Crippen LogP) is 2.45. The van der Waals surface area contributed by atoms with Crippen molar-refractivity contribution in [2.45, 2.75) is 56.9 Å². The summed E-state index contributed by atoms with van der Waals surface area (Å²) in [5.41, 5.74) is 7.09. The number of anilines is 1. The van der Waals surface area contributed by atoms with Gasteiger partial charge in [0, 0.05) is 36.9 Å². The minimum absolute atomic E-state index is 0.432. The third-order valence-corrected chi connectivity index (χ3v) is 4.59. The molecule has 2 aliphatic rings. The minimum atomic E-state index is 0.432. The van der Waals surface area contributed by atoms with Gasteiger partial charge in [-0.3, -0.25) is 0 Å².